The molecule has 1 atom stereocenters. The first-order valence-corrected chi connectivity index (χ1v) is 7.07. The molecule has 0 radical (unpaired) electrons. The van der Waals surface area contributed by atoms with E-state index in [0.29, 0.717) is 12.6 Å². The highest BCUT2D eigenvalue weighted by Crippen LogP contribution is 2.19. The zero-order chi connectivity index (χ0) is 13.8. The maximum Gasteiger partial charge on any atom is 0.237 e. The largest absolute Gasteiger partial charge is 0.358 e. The lowest BCUT2D eigenvalue weighted by molar-refractivity contribution is -0.128. The minimum Gasteiger partial charge on any atom is -0.358 e. The lowest BCUT2D eigenvalue weighted by Crippen LogP contribution is -2.55. The number of amides is 2. The van der Waals surface area contributed by atoms with Crippen molar-refractivity contribution in [3.05, 3.63) is 0 Å². The average molecular weight is 268 g/mol. The van der Waals surface area contributed by atoms with E-state index >= 15 is 0 Å². The summed E-state index contributed by atoms with van der Waals surface area (Å²) in [7, 11) is 1.66. The topological polar surface area (TPSA) is 64.7 Å². The summed E-state index contributed by atoms with van der Waals surface area (Å²) >= 11 is 0. The van der Waals surface area contributed by atoms with E-state index in [1.165, 1.54) is 0 Å². The quantitative estimate of drug-likeness (QED) is 0.672. The number of nitrogens with zero attached hydrogens (tertiary/aromatic N) is 2. The van der Waals surface area contributed by atoms with Gasteiger partial charge in [-0.3, -0.25) is 19.4 Å². The lowest BCUT2D eigenvalue weighted by Gasteiger charge is -2.37. The third-order valence-corrected chi connectivity index (χ3v) is 3.90. The van der Waals surface area contributed by atoms with Gasteiger partial charge in [-0.1, -0.05) is 0 Å². The van der Waals surface area contributed by atoms with Gasteiger partial charge in [-0.05, 0) is 19.8 Å². The van der Waals surface area contributed by atoms with Gasteiger partial charge in [0.25, 0.3) is 0 Å². The van der Waals surface area contributed by atoms with Crippen LogP contribution in [0.4, 0.5) is 0 Å². The molecule has 1 unspecified atom stereocenters. The van der Waals surface area contributed by atoms with Crippen LogP contribution < -0.4 is 10.6 Å². The molecule has 19 heavy (non-hydrogen) atoms. The maximum absolute atomic E-state index is 12.0. The molecule has 6 heteroatoms. The predicted octanol–water partition coefficient (Wildman–Crippen LogP) is -0.983. The van der Waals surface area contributed by atoms with Gasteiger partial charge in [0.15, 0.2) is 0 Å². The van der Waals surface area contributed by atoms with Crippen molar-refractivity contribution in [2.45, 2.75) is 31.8 Å². The first-order chi connectivity index (χ1) is 9.10. The van der Waals surface area contributed by atoms with Gasteiger partial charge in [0.05, 0.1) is 12.6 Å². The monoisotopic (exact) mass is 268 g/mol. The fourth-order valence-corrected chi connectivity index (χ4v) is 2.31. The summed E-state index contributed by atoms with van der Waals surface area (Å²) < 4.78 is 0. The van der Waals surface area contributed by atoms with Crippen molar-refractivity contribution < 1.29 is 9.59 Å². The second kappa shape index (κ2) is 6.34. The molecule has 1 aliphatic heterocycles. The molecule has 0 bridgehead atoms. The molecule has 2 rings (SSSR count). The molecule has 0 aromatic rings. The van der Waals surface area contributed by atoms with Gasteiger partial charge in [0, 0.05) is 39.3 Å². The highest BCUT2D eigenvalue weighted by atomic mass is 16.2. The van der Waals surface area contributed by atoms with Crippen LogP contribution in [-0.4, -0.2) is 73.5 Å². The molecule has 108 valence electrons. The van der Waals surface area contributed by atoms with Crippen LogP contribution in [-0.2, 0) is 9.59 Å². The zero-order valence-electron chi connectivity index (χ0n) is 11.8. The van der Waals surface area contributed by atoms with E-state index in [4.69, 9.17) is 0 Å². The summed E-state index contributed by atoms with van der Waals surface area (Å²) in [5, 5.41) is 5.68. The van der Waals surface area contributed by atoms with Gasteiger partial charge in [-0.15, -0.1) is 0 Å². The number of nitrogens with one attached hydrogen (secondary N) is 2. The minimum absolute atomic E-state index is 0.0491. The SMILES string of the molecule is CNC(=O)CN1CCN(C(C)C(=O)NC2CC2)CC1. The summed E-state index contributed by atoms with van der Waals surface area (Å²) in [5.41, 5.74) is 0. The van der Waals surface area contributed by atoms with Crippen LogP contribution in [0.1, 0.15) is 19.8 Å². The molecule has 1 aliphatic carbocycles. The Labute approximate surface area is 114 Å². The van der Waals surface area contributed by atoms with Crippen LogP contribution in [0.15, 0.2) is 0 Å². The number of hydrogen-bond donors (Lipinski definition) is 2. The minimum atomic E-state index is -0.0669. The van der Waals surface area contributed by atoms with Gasteiger partial charge in [0.1, 0.15) is 0 Å². The molecule has 1 heterocycles. The van der Waals surface area contributed by atoms with Crippen molar-refractivity contribution in [2.24, 2.45) is 0 Å². The molecule has 1 saturated heterocycles. The summed E-state index contributed by atoms with van der Waals surface area (Å²) in [6.45, 7) is 5.79. The van der Waals surface area contributed by atoms with Gasteiger partial charge in [-0.2, -0.15) is 0 Å². The highest BCUT2D eigenvalue weighted by molar-refractivity contribution is 5.82. The standard InChI is InChI=1S/C13H24N4O2/c1-10(13(19)15-11-3-4-11)17-7-5-16(6-8-17)9-12(18)14-2/h10-11H,3-9H2,1-2H3,(H,14,18)(H,15,19). The van der Waals surface area contributed by atoms with E-state index in [9.17, 15) is 9.59 Å². The third-order valence-electron chi connectivity index (χ3n) is 3.90. The van der Waals surface area contributed by atoms with E-state index < -0.39 is 0 Å². The van der Waals surface area contributed by atoms with Crippen LogP contribution in [0.3, 0.4) is 0 Å². The van der Waals surface area contributed by atoms with E-state index in [1.807, 2.05) is 6.92 Å². The van der Waals surface area contributed by atoms with Crippen LogP contribution in [0.2, 0.25) is 0 Å². The molecular formula is C13H24N4O2. The number of carbonyl (C=O) groups is 2. The average Bonchev–Trinajstić information content (AvgIpc) is 3.22. The van der Waals surface area contributed by atoms with Crippen LogP contribution in [0.25, 0.3) is 0 Å². The molecule has 2 fully saturated rings. The number of piperazine rings is 1. The number of rotatable bonds is 5. The maximum atomic E-state index is 12.0. The normalized spacial score (nSPS) is 22.8. The van der Waals surface area contributed by atoms with Crippen molar-refractivity contribution >= 4 is 11.8 Å². The van der Waals surface area contributed by atoms with Crippen molar-refractivity contribution in [3.8, 4) is 0 Å². The van der Waals surface area contributed by atoms with E-state index in [-0.39, 0.29) is 17.9 Å². The Kier molecular flexibility index (Phi) is 4.76. The fraction of sp³-hybridized carbons (Fsp3) is 0.846. The number of likely N-dealkylation sites (N-methyl/N-ethyl adjacent to an activating group) is 1. The Balaban J connectivity index is 1.72. The Hall–Kier alpha value is -1.14. The number of carbonyl (C=O) groups excluding carboxylic acids is 2. The van der Waals surface area contributed by atoms with Crippen LogP contribution in [0.5, 0.6) is 0 Å². The second-order valence-corrected chi connectivity index (χ2v) is 5.44. The van der Waals surface area contributed by atoms with Crippen LogP contribution >= 0.6 is 0 Å². The molecule has 2 amide bonds. The predicted molar refractivity (Wildman–Crippen MR) is 72.7 cm³/mol. The van der Waals surface area contributed by atoms with Crippen molar-refractivity contribution in [1.82, 2.24) is 20.4 Å². The van der Waals surface area contributed by atoms with Crippen molar-refractivity contribution in [2.75, 3.05) is 39.8 Å². The molecular weight excluding hydrogens is 244 g/mol. The Bertz CT molecular complexity index is 336. The second-order valence-electron chi connectivity index (χ2n) is 5.44. The first kappa shape index (κ1) is 14.3. The highest BCUT2D eigenvalue weighted by Gasteiger charge is 2.30. The molecule has 0 aromatic carbocycles. The first-order valence-electron chi connectivity index (χ1n) is 7.07. The Morgan fingerprint density at radius 2 is 1.84 bits per heavy atom. The van der Waals surface area contributed by atoms with E-state index in [1.54, 1.807) is 7.05 Å². The molecule has 1 saturated carbocycles. The van der Waals surface area contributed by atoms with E-state index in [0.717, 1.165) is 39.0 Å². The van der Waals surface area contributed by atoms with Gasteiger partial charge in [-0.25, -0.2) is 0 Å². The van der Waals surface area contributed by atoms with E-state index in [2.05, 4.69) is 20.4 Å². The van der Waals surface area contributed by atoms with Gasteiger partial charge in [0.2, 0.25) is 11.8 Å². The molecule has 6 nitrogen and oxygen atoms in total. The smallest absolute Gasteiger partial charge is 0.237 e. The molecule has 2 N–H and O–H groups in total. The van der Waals surface area contributed by atoms with Gasteiger partial charge >= 0.3 is 0 Å². The molecule has 2 aliphatic rings. The van der Waals surface area contributed by atoms with Crippen molar-refractivity contribution in [1.29, 1.82) is 0 Å². The third kappa shape index (κ3) is 4.18. The summed E-state index contributed by atoms with van der Waals surface area (Å²) in [5.74, 6) is 0.190. The molecule has 0 spiro atoms. The van der Waals surface area contributed by atoms with Crippen molar-refractivity contribution in [3.63, 3.8) is 0 Å². The van der Waals surface area contributed by atoms with Gasteiger partial charge < -0.3 is 10.6 Å². The Morgan fingerprint density at radius 3 is 2.37 bits per heavy atom. The lowest BCUT2D eigenvalue weighted by atomic mass is 10.2. The summed E-state index contributed by atoms with van der Waals surface area (Å²) in [4.78, 5) is 27.6. The molecule has 0 aromatic heterocycles. The van der Waals surface area contributed by atoms with Crippen LogP contribution in [0, 0.1) is 0 Å². The summed E-state index contributed by atoms with van der Waals surface area (Å²) in [6, 6.07) is 0.354. The zero-order valence-corrected chi connectivity index (χ0v) is 11.8. The Morgan fingerprint density at radius 1 is 1.21 bits per heavy atom. The number of hydrogen-bond acceptors (Lipinski definition) is 4. The fourth-order valence-electron chi connectivity index (χ4n) is 2.31. The summed E-state index contributed by atoms with van der Waals surface area (Å²) in [6.07, 6.45) is 2.25.